The summed E-state index contributed by atoms with van der Waals surface area (Å²) in [5, 5.41) is 15.1. The zero-order valence-electron chi connectivity index (χ0n) is 12.4. The van der Waals surface area contributed by atoms with Crippen molar-refractivity contribution in [2.45, 2.75) is 19.4 Å². The predicted octanol–water partition coefficient (Wildman–Crippen LogP) is 2.04. The highest BCUT2D eigenvalue weighted by Gasteiger charge is 2.25. The van der Waals surface area contributed by atoms with Crippen LogP contribution in [0.15, 0.2) is 28.2 Å². The first kappa shape index (κ1) is 15.2. The van der Waals surface area contributed by atoms with E-state index in [0.29, 0.717) is 29.0 Å². The van der Waals surface area contributed by atoms with E-state index in [1.54, 1.807) is 12.3 Å². The molecule has 3 rings (SSSR count). The first-order valence-electron chi connectivity index (χ1n) is 7.31. The van der Waals surface area contributed by atoms with Gasteiger partial charge in [-0.3, -0.25) is 9.69 Å². The standard InChI is InChI=1S/C15H19N3O3S/c1-10-4-5-18(7-12(10)19)8-14(20)17-15-16-11(9-22-15)13-3-2-6-21-13/h2-3,6,9-10,12,19H,4-5,7-8H2,1H3,(H,16,17,20). The number of piperidine rings is 1. The lowest BCUT2D eigenvalue weighted by Gasteiger charge is -2.33. The summed E-state index contributed by atoms with van der Waals surface area (Å²) >= 11 is 1.37. The normalized spacial score (nSPS) is 22.6. The number of furan rings is 1. The zero-order chi connectivity index (χ0) is 15.5. The molecule has 2 aromatic rings. The first-order valence-corrected chi connectivity index (χ1v) is 8.19. The molecular weight excluding hydrogens is 302 g/mol. The Kier molecular flexibility index (Phi) is 4.56. The van der Waals surface area contributed by atoms with Crippen molar-refractivity contribution in [2.24, 2.45) is 5.92 Å². The zero-order valence-corrected chi connectivity index (χ0v) is 13.2. The minimum atomic E-state index is -0.355. The fraction of sp³-hybridized carbons (Fsp3) is 0.467. The van der Waals surface area contributed by atoms with Crippen molar-refractivity contribution >= 4 is 22.4 Å². The highest BCUT2D eigenvalue weighted by molar-refractivity contribution is 7.14. The van der Waals surface area contributed by atoms with Gasteiger partial charge in [-0.1, -0.05) is 6.92 Å². The maximum Gasteiger partial charge on any atom is 0.240 e. The third kappa shape index (κ3) is 3.55. The van der Waals surface area contributed by atoms with E-state index in [4.69, 9.17) is 4.42 Å². The third-order valence-corrected chi connectivity index (χ3v) is 4.65. The van der Waals surface area contributed by atoms with Gasteiger partial charge >= 0.3 is 0 Å². The molecule has 1 amide bonds. The van der Waals surface area contributed by atoms with Crippen LogP contribution >= 0.6 is 11.3 Å². The van der Waals surface area contributed by atoms with Crippen molar-refractivity contribution in [2.75, 3.05) is 25.0 Å². The molecule has 7 heteroatoms. The number of carbonyl (C=O) groups excluding carboxylic acids is 1. The Morgan fingerprint density at radius 3 is 3.23 bits per heavy atom. The minimum absolute atomic E-state index is 0.109. The number of amides is 1. The van der Waals surface area contributed by atoms with Gasteiger partial charge in [-0.25, -0.2) is 4.98 Å². The number of aliphatic hydroxyl groups excluding tert-OH is 1. The van der Waals surface area contributed by atoms with Crippen LogP contribution in [0.2, 0.25) is 0 Å². The number of carbonyl (C=O) groups is 1. The quantitative estimate of drug-likeness (QED) is 0.901. The first-order chi connectivity index (χ1) is 10.6. The third-order valence-electron chi connectivity index (χ3n) is 3.89. The summed E-state index contributed by atoms with van der Waals surface area (Å²) in [6.45, 7) is 3.69. The molecule has 0 saturated carbocycles. The molecule has 2 aromatic heterocycles. The number of likely N-dealkylation sites (tertiary alicyclic amines) is 1. The molecule has 1 aliphatic rings. The Balaban J connectivity index is 1.54. The van der Waals surface area contributed by atoms with Crippen LogP contribution in [0.25, 0.3) is 11.5 Å². The molecule has 0 aliphatic carbocycles. The second kappa shape index (κ2) is 6.60. The average molecular weight is 321 g/mol. The number of rotatable bonds is 4. The number of hydrogen-bond acceptors (Lipinski definition) is 6. The molecule has 118 valence electrons. The Labute approximate surface area is 132 Å². The number of anilines is 1. The van der Waals surface area contributed by atoms with E-state index in [1.807, 2.05) is 23.3 Å². The van der Waals surface area contributed by atoms with E-state index >= 15 is 0 Å². The number of thiazole rings is 1. The lowest BCUT2D eigenvalue weighted by atomic mass is 9.96. The number of β-amino-alcohol motifs (C(OH)–C–C–N with tert-alkyl or cyclic N) is 1. The molecule has 0 aromatic carbocycles. The van der Waals surface area contributed by atoms with Crippen LogP contribution < -0.4 is 5.32 Å². The molecule has 6 nitrogen and oxygen atoms in total. The van der Waals surface area contributed by atoms with Crippen molar-refractivity contribution < 1.29 is 14.3 Å². The van der Waals surface area contributed by atoms with E-state index in [0.717, 1.165) is 13.0 Å². The number of nitrogens with zero attached hydrogens (tertiary/aromatic N) is 2. The Hall–Kier alpha value is -1.70. The summed E-state index contributed by atoms with van der Waals surface area (Å²) in [6, 6.07) is 3.63. The molecule has 22 heavy (non-hydrogen) atoms. The van der Waals surface area contributed by atoms with Gasteiger partial charge in [0.25, 0.3) is 0 Å². The average Bonchev–Trinajstić information content (AvgIpc) is 3.13. The molecule has 3 heterocycles. The van der Waals surface area contributed by atoms with Crippen LogP contribution in [-0.2, 0) is 4.79 Å². The van der Waals surface area contributed by atoms with E-state index in [9.17, 15) is 9.90 Å². The number of nitrogens with one attached hydrogen (secondary N) is 1. The molecule has 0 spiro atoms. The van der Waals surface area contributed by atoms with E-state index in [1.165, 1.54) is 11.3 Å². The van der Waals surface area contributed by atoms with Crippen molar-refractivity contribution in [3.63, 3.8) is 0 Å². The van der Waals surface area contributed by atoms with Crippen LogP contribution in [-0.4, -0.2) is 46.6 Å². The van der Waals surface area contributed by atoms with Gasteiger partial charge in [-0.15, -0.1) is 11.3 Å². The van der Waals surface area contributed by atoms with Gasteiger partial charge in [0.2, 0.25) is 5.91 Å². The molecule has 1 fully saturated rings. The summed E-state index contributed by atoms with van der Waals surface area (Å²) in [7, 11) is 0. The van der Waals surface area contributed by atoms with Gasteiger partial charge in [-0.05, 0) is 31.0 Å². The summed E-state index contributed by atoms with van der Waals surface area (Å²) in [6.07, 6.45) is 2.15. The van der Waals surface area contributed by atoms with E-state index in [-0.39, 0.29) is 18.6 Å². The van der Waals surface area contributed by atoms with Gasteiger partial charge in [0.15, 0.2) is 10.9 Å². The second-order valence-electron chi connectivity index (χ2n) is 5.63. The molecule has 2 atom stereocenters. The maximum absolute atomic E-state index is 12.1. The predicted molar refractivity (Wildman–Crippen MR) is 84.7 cm³/mol. The monoisotopic (exact) mass is 321 g/mol. The number of aromatic nitrogens is 1. The van der Waals surface area contributed by atoms with Crippen LogP contribution in [0.3, 0.4) is 0 Å². The number of hydrogen-bond donors (Lipinski definition) is 2. The Morgan fingerprint density at radius 1 is 1.64 bits per heavy atom. The smallest absolute Gasteiger partial charge is 0.240 e. The maximum atomic E-state index is 12.1. The largest absolute Gasteiger partial charge is 0.463 e. The van der Waals surface area contributed by atoms with Crippen molar-refractivity contribution in [1.82, 2.24) is 9.88 Å². The van der Waals surface area contributed by atoms with Crippen molar-refractivity contribution in [3.8, 4) is 11.5 Å². The summed E-state index contributed by atoms with van der Waals surface area (Å²) in [5.41, 5.74) is 0.715. The summed E-state index contributed by atoms with van der Waals surface area (Å²) in [4.78, 5) is 18.4. The highest BCUT2D eigenvalue weighted by atomic mass is 32.1. The lowest BCUT2D eigenvalue weighted by molar-refractivity contribution is -0.118. The van der Waals surface area contributed by atoms with Gasteiger partial charge in [0.1, 0.15) is 5.69 Å². The highest BCUT2D eigenvalue weighted by Crippen LogP contribution is 2.25. The van der Waals surface area contributed by atoms with Gasteiger partial charge in [0.05, 0.1) is 18.9 Å². The van der Waals surface area contributed by atoms with Crippen molar-refractivity contribution in [1.29, 1.82) is 0 Å². The topological polar surface area (TPSA) is 78.6 Å². The lowest BCUT2D eigenvalue weighted by Crippen LogP contribution is -2.45. The van der Waals surface area contributed by atoms with Crippen LogP contribution in [0.1, 0.15) is 13.3 Å². The molecule has 1 aliphatic heterocycles. The molecule has 2 N–H and O–H groups in total. The summed E-state index contributed by atoms with van der Waals surface area (Å²) < 4.78 is 5.28. The molecule has 0 bridgehead atoms. The van der Waals surface area contributed by atoms with Crippen LogP contribution in [0, 0.1) is 5.92 Å². The SMILES string of the molecule is CC1CCN(CC(=O)Nc2nc(-c3ccco3)cs2)CC1O. The van der Waals surface area contributed by atoms with Crippen LogP contribution in [0.5, 0.6) is 0 Å². The molecule has 2 unspecified atom stereocenters. The van der Waals surface area contributed by atoms with Crippen LogP contribution in [0.4, 0.5) is 5.13 Å². The molecule has 1 saturated heterocycles. The van der Waals surface area contributed by atoms with E-state index in [2.05, 4.69) is 10.3 Å². The molecular formula is C15H19N3O3S. The minimum Gasteiger partial charge on any atom is -0.463 e. The van der Waals surface area contributed by atoms with Crippen molar-refractivity contribution in [3.05, 3.63) is 23.8 Å². The Bertz CT molecular complexity index is 626. The fourth-order valence-electron chi connectivity index (χ4n) is 2.49. The fourth-order valence-corrected chi connectivity index (χ4v) is 3.20. The van der Waals surface area contributed by atoms with Gasteiger partial charge in [0, 0.05) is 11.9 Å². The molecule has 0 radical (unpaired) electrons. The van der Waals surface area contributed by atoms with E-state index < -0.39 is 0 Å². The second-order valence-corrected chi connectivity index (χ2v) is 6.49. The van der Waals surface area contributed by atoms with Gasteiger partial charge < -0.3 is 14.8 Å². The Morgan fingerprint density at radius 2 is 2.50 bits per heavy atom. The number of aliphatic hydroxyl groups is 1. The van der Waals surface area contributed by atoms with Gasteiger partial charge in [-0.2, -0.15) is 0 Å². The summed E-state index contributed by atoms with van der Waals surface area (Å²) in [5.74, 6) is 0.876.